The Balaban J connectivity index is 2.75. The van der Waals surface area contributed by atoms with E-state index in [1.165, 1.54) is 0 Å². The number of nitrogens with zero attached hydrogens (tertiary/aromatic N) is 1. The summed E-state index contributed by atoms with van der Waals surface area (Å²) in [5.74, 6) is 0.224. The Morgan fingerprint density at radius 1 is 1.44 bits per heavy atom. The Morgan fingerprint density at radius 2 is 2.00 bits per heavy atom. The SMILES string of the molecule is COC1CC(SC(C)(C)C)C(=O)N1C(C)C. The number of rotatable bonds is 3. The molecule has 2 unspecified atom stereocenters. The summed E-state index contributed by atoms with van der Waals surface area (Å²) in [5, 5.41) is 0.0485. The van der Waals surface area contributed by atoms with Gasteiger partial charge in [-0.1, -0.05) is 20.8 Å². The molecular formula is C12H23NO2S. The molecule has 1 aliphatic rings. The number of ether oxygens (including phenoxy) is 1. The van der Waals surface area contributed by atoms with Crippen LogP contribution < -0.4 is 0 Å². The molecule has 4 heteroatoms. The fourth-order valence-corrected chi connectivity index (χ4v) is 3.36. The average Bonchev–Trinajstić information content (AvgIpc) is 2.40. The van der Waals surface area contributed by atoms with Crippen molar-refractivity contribution < 1.29 is 9.53 Å². The molecule has 0 aromatic rings. The quantitative estimate of drug-likeness (QED) is 0.765. The third kappa shape index (κ3) is 3.14. The highest BCUT2D eigenvalue weighted by molar-refractivity contribution is 8.01. The molecule has 1 fully saturated rings. The zero-order valence-corrected chi connectivity index (χ0v) is 11.9. The molecule has 1 heterocycles. The van der Waals surface area contributed by atoms with Crippen LogP contribution in [0.1, 0.15) is 41.0 Å². The van der Waals surface area contributed by atoms with Crippen molar-refractivity contribution in [3.63, 3.8) is 0 Å². The molecule has 94 valence electrons. The summed E-state index contributed by atoms with van der Waals surface area (Å²) in [6, 6.07) is 0.211. The maximum absolute atomic E-state index is 12.2. The van der Waals surface area contributed by atoms with Crippen molar-refractivity contribution in [3.8, 4) is 0 Å². The second-order valence-corrected chi connectivity index (χ2v) is 7.51. The molecule has 3 nitrogen and oxygen atoms in total. The van der Waals surface area contributed by atoms with Gasteiger partial charge in [0.2, 0.25) is 5.91 Å². The topological polar surface area (TPSA) is 29.5 Å². The van der Waals surface area contributed by atoms with Crippen LogP contribution in [-0.4, -0.2) is 40.2 Å². The summed E-state index contributed by atoms with van der Waals surface area (Å²) < 4.78 is 5.51. The van der Waals surface area contributed by atoms with Gasteiger partial charge in [0.25, 0.3) is 0 Å². The van der Waals surface area contributed by atoms with Crippen LogP contribution in [0.3, 0.4) is 0 Å². The molecule has 0 N–H and O–H groups in total. The highest BCUT2D eigenvalue weighted by Gasteiger charge is 2.42. The van der Waals surface area contributed by atoms with E-state index in [1.807, 2.05) is 18.7 Å². The lowest BCUT2D eigenvalue weighted by atomic mass is 10.3. The molecular weight excluding hydrogens is 222 g/mol. The number of methoxy groups -OCH3 is 1. The first kappa shape index (κ1) is 13.8. The van der Waals surface area contributed by atoms with Crippen LogP contribution in [0.5, 0.6) is 0 Å². The standard InChI is InChI=1S/C12H23NO2S/c1-8(2)13-10(15-6)7-9(11(13)14)16-12(3,4)5/h8-10H,7H2,1-6H3. The van der Waals surface area contributed by atoms with Gasteiger partial charge in [-0.3, -0.25) is 4.79 Å². The van der Waals surface area contributed by atoms with Gasteiger partial charge in [-0.2, -0.15) is 0 Å². The third-order valence-corrected chi connectivity index (χ3v) is 3.97. The molecule has 1 aliphatic heterocycles. The van der Waals surface area contributed by atoms with Gasteiger partial charge < -0.3 is 9.64 Å². The van der Waals surface area contributed by atoms with Gasteiger partial charge in [0.15, 0.2) is 0 Å². The summed E-state index contributed by atoms with van der Waals surface area (Å²) in [7, 11) is 1.68. The number of hydrogen-bond acceptors (Lipinski definition) is 3. The summed E-state index contributed by atoms with van der Waals surface area (Å²) in [6.45, 7) is 10.5. The van der Waals surface area contributed by atoms with E-state index in [-0.39, 0.29) is 28.2 Å². The lowest BCUT2D eigenvalue weighted by molar-refractivity contribution is -0.137. The van der Waals surface area contributed by atoms with Crippen molar-refractivity contribution in [2.24, 2.45) is 0 Å². The highest BCUT2D eigenvalue weighted by atomic mass is 32.2. The molecule has 1 saturated heterocycles. The number of thioether (sulfide) groups is 1. The Bertz CT molecular complexity index is 260. The first-order chi connectivity index (χ1) is 7.26. The maximum Gasteiger partial charge on any atom is 0.238 e. The van der Waals surface area contributed by atoms with Crippen molar-refractivity contribution in [2.45, 2.75) is 63.3 Å². The molecule has 0 aromatic carbocycles. The maximum atomic E-state index is 12.2. The molecule has 1 rings (SSSR count). The molecule has 0 radical (unpaired) electrons. The van der Waals surface area contributed by atoms with Crippen molar-refractivity contribution >= 4 is 17.7 Å². The van der Waals surface area contributed by atoms with Crippen molar-refractivity contribution in [1.29, 1.82) is 0 Å². The molecule has 0 aromatic heterocycles. The van der Waals surface area contributed by atoms with Crippen LogP contribution in [-0.2, 0) is 9.53 Å². The van der Waals surface area contributed by atoms with E-state index >= 15 is 0 Å². The van der Waals surface area contributed by atoms with Gasteiger partial charge in [0, 0.05) is 24.3 Å². The number of carbonyl (C=O) groups is 1. The van der Waals surface area contributed by atoms with E-state index in [0.717, 1.165) is 6.42 Å². The van der Waals surface area contributed by atoms with Crippen LogP contribution in [0.25, 0.3) is 0 Å². The first-order valence-corrected chi connectivity index (χ1v) is 6.67. The van der Waals surface area contributed by atoms with Crippen molar-refractivity contribution in [3.05, 3.63) is 0 Å². The highest BCUT2D eigenvalue weighted by Crippen LogP contribution is 2.37. The Morgan fingerprint density at radius 3 is 2.31 bits per heavy atom. The predicted molar refractivity (Wildman–Crippen MR) is 68.5 cm³/mol. The van der Waals surface area contributed by atoms with Crippen LogP contribution in [0, 0.1) is 0 Å². The van der Waals surface area contributed by atoms with E-state index in [9.17, 15) is 4.79 Å². The molecule has 0 bridgehead atoms. The summed E-state index contributed by atoms with van der Waals surface area (Å²) >= 11 is 1.74. The monoisotopic (exact) mass is 245 g/mol. The Kier molecular flexibility index (Phi) is 4.29. The Labute approximate surface area is 103 Å². The van der Waals surface area contributed by atoms with Crippen LogP contribution >= 0.6 is 11.8 Å². The van der Waals surface area contributed by atoms with E-state index in [0.29, 0.717) is 0 Å². The second-order valence-electron chi connectivity index (χ2n) is 5.48. The van der Waals surface area contributed by atoms with Crippen LogP contribution in [0.2, 0.25) is 0 Å². The molecule has 16 heavy (non-hydrogen) atoms. The van der Waals surface area contributed by atoms with Gasteiger partial charge in [0.05, 0.1) is 5.25 Å². The minimum absolute atomic E-state index is 0.0485. The van der Waals surface area contributed by atoms with Crippen LogP contribution in [0.15, 0.2) is 0 Å². The van der Waals surface area contributed by atoms with E-state index < -0.39 is 0 Å². The van der Waals surface area contributed by atoms with E-state index in [4.69, 9.17) is 4.74 Å². The van der Waals surface area contributed by atoms with E-state index in [2.05, 4.69) is 20.8 Å². The van der Waals surface area contributed by atoms with Crippen molar-refractivity contribution in [1.82, 2.24) is 4.90 Å². The van der Waals surface area contributed by atoms with Gasteiger partial charge in [-0.15, -0.1) is 11.8 Å². The van der Waals surface area contributed by atoms with Crippen molar-refractivity contribution in [2.75, 3.05) is 7.11 Å². The fourth-order valence-electron chi connectivity index (χ4n) is 2.03. The number of likely N-dealkylation sites (tertiary alicyclic amines) is 1. The zero-order chi connectivity index (χ0) is 12.5. The van der Waals surface area contributed by atoms with Gasteiger partial charge in [-0.05, 0) is 13.8 Å². The lowest BCUT2D eigenvalue weighted by Gasteiger charge is -2.27. The third-order valence-electron chi connectivity index (χ3n) is 2.58. The average molecular weight is 245 g/mol. The second kappa shape index (κ2) is 4.96. The minimum atomic E-state index is -0.0488. The molecule has 2 atom stereocenters. The zero-order valence-electron chi connectivity index (χ0n) is 11.1. The normalized spacial score (nSPS) is 26.9. The molecule has 0 aliphatic carbocycles. The van der Waals surface area contributed by atoms with Gasteiger partial charge >= 0.3 is 0 Å². The van der Waals surface area contributed by atoms with E-state index in [1.54, 1.807) is 18.9 Å². The first-order valence-electron chi connectivity index (χ1n) is 5.79. The predicted octanol–water partition coefficient (Wildman–Crippen LogP) is 2.50. The molecule has 0 spiro atoms. The Hall–Kier alpha value is -0.220. The lowest BCUT2D eigenvalue weighted by Crippen LogP contribution is -2.40. The summed E-state index contributed by atoms with van der Waals surface area (Å²) in [4.78, 5) is 14.1. The smallest absolute Gasteiger partial charge is 0.238 e. The summed E-state index contributed by atoms with van der Waals surface area (Å²) in [6.07, 6.45) is 0.752. The number of amides is 1. The number of hydrogen-bond donors (Lipinski definition) is 0. The van der Waals surface area contributed by atoms with Gasteiger partial charge in [0.1, 0.15) is 6.23 Å². The molecule has 0 saturated carbocycles. The van der Waals surface area contributed by atoms with Gasteiger partial charge in [-0.25, -0.2) is 0 Å². The largest absolute Gasteiger partial charge is 0.361 e. The molecule has 1 amide bonds. The number of carbonyl (C=O) groups excluding carboxylic acids is 1. The minimum Gasteiger partial charge on any atom is -0.361 e. The van der Waals surface area contributed by atoms with Crippen LogP contribution in [0.4, 0.5) is 0 Å². The summed E-state index contributed by atoms with van der Waals surface area (Å²) in [5.41, 5.74) is 0. The fraction of sp³-hybridized carbons (Fsp3) is 0.917.